The van der Waals surface area contributed by atoms with Gasteiger partial charge in [-0.3, -0.25) is 4.79 Å². The highest BCUT2D eigenvalue weighted by atomic mass is 16.5. The SMILES string of the molecule is CCCOc1ccc(NC(C)C(=O)Nc2cccc(C#N)c2)cc1OCCC. The molecule has 0 fully saturated rings. The summed E-state index contributed by atoms with van der Waals surface area (Å²) in [6, 6.07) is 14.0. The van der Waals surface area contributed by atoms with Crippen molar-refractivity contribution < 1.29 is 14.3 Å². The molecule has 0 saturated heterocycles. The number of nitrogens with one attached hydrogen (secondary N) is 2. The molecule has 1 atom stereocenters. The summed E-state index contributed by atoms with van der Waals surface area (Å²) in [7, 11) is 0. The number of hydrogen-bond donors (Lipinski definition) is 2. The molecule has 6 nitrogen and oxygen atoms in total. The Morgan fingerprint density at radius 2 is 1.75 bits per heavy atom. The summed E-state index contributed by atoms with van der Waals surface area (Å²) < 4.78 is 11.5. The molecule has 0 saturated carbocycles. The lowest BCUT2D eigenvalue weighted by molar-refractivity contribution is -0.116. The highest BCUT2D eigenvalue weighted by molar-refractivity contribution is 5.96. The molecule has 2 aromatic carbocycles. The largest absolute Gasteiger partial charge is 0.490 e. The predicted octanol–water partition coefficient (Wildman–Crippen LogP) is 4.57. The second-order valence-corrected chi connectivity index (χ2v) is 6.41. The van der Waals surface area contributed by atoms with E-state index in [1.807, 2.05) is 25.1 Å². The normalized spacial score (nSPS) is 11.2. The number of ether oxygens (including phenoxy) is 2. The Bertz CT molecular complexity index is 830. The van der Waals surface area contributed by atoms with E-state index < -0.39 is 6.04 Å². The minimum absolute atomic E-state index is 0.197. The number of amides is 1. The quantitative estimate of drug-likeness (QED) is 0.630. The number of nitriles is 1. The van der Waals surface area contributed by atoms with Crippen molar-refractivity contribution in [3.05, 3.63) is 48.0 Å². The zero-order valence-electron chi connectivity index (χ0n) is 16.6. The predicted molar refractivity (Wildman–Crippen MR) is 111 cm³/mol. The summed E-state index contributed by atoms with van der Waals surface area (Å²) in [4.78, 5) is 12.5. The van der Waals surface area contributed by atoms with Gasteiger partial charge in [0.25, 0.3) is 0 Å². The van der Waals surface area contributed by atoms with E-state index >= 15 is 0 Å². The number of carbonyl (C=O) groups is 1. The molecule has 2 rings (SSSR count). The van der Waals surface area contributed by atoms with E-state index in [0.717, 1.165) is 18.5 Å². The van der Waals surface area contributed by atoms with Crippen LogP contribution in [0.2, 0.25) is 0 Å². The second kappa shape index (κ2) is 10.8. The minimum Gasteiger partial charge on any atom is -0.490 e. The smallest absolute Gasteiger partial charge is 0.246 e. The Kier molecular flexibility index (Phi) is 8.16. The van der Waals surface area contributed by atoms with Crippen LogP contribution in [0.3, 0.4) is 0 Å². The van der Waals surface area contributed by atoms with Gasteiger partial charge < -0.3 is 20.1 Å². The van der Waals surface area contributed by atoms with Gasteiger partial charge in [-0.05, 0) is 50.1 Å². The summed E-state index contributed by atoms with van der Waals surface area (Å²) in [5.41, 5.74) is 1.86. The van der Waals surface area contributed by atoms with E-state index in [2.05, 4.69) is 23.6 Å². The Hall–Kier alpha value is -3.20. The van der Waals surface area contributed by atoms with Gasteiger partial charge in [-0.25, -0.2) is 0 Å². The van der Waals surface area contributed by atoms with Crippen LogP contribution in [-0.2, 0) is 4.79 Å². The maximum Gasteiger partial charge on any atom is 0.246 e. The molecule has 2 N–H and O–H groups in total. The summed E-state index contributed by atoms with van der Waals surface area (Å²) in [5, 5.41) is 15.0. The van der Waals surface area contributed by atoms with Crippen LogP contribution in [0.25, 0.3) is 0 Å². The van der Waals surface area contributed by atoms with E-state index in [1.165, 1.54) is 0 Å². The number of nitrogens with zero attached hydrogens (tertiary/aromatic N) is 1. The summed E-state index contributed by atoms with van der Waals surface area (Å²) in [6.07, 6.45) is 1.81. The summed E-state index contributed by atoms with van der Waals surface area (Å²) >= 11 is 0. The first-order valence-electron chi connectivity index (χ1n) is 9.54. The number of carbonyl (C=O) groups excluding carboxylic acids is 1. The van der Waals surface area contributed by atoms with Crippen molar-refractivity contribution in [3.8, 4) is 17.6 Å². The van der Waals surface area contributed by atoms with Gasteiger partial charge in [-0.1, -0.05) is 19.9 Å². The van der Waals surface area contributed by atoms with Crippen LogP contribution in [0.15, 0.2) is 42.5 Å². The average Bonchev–Trinajstić information content (AvgIpc) is 2.71. The first kappa shape index (κ1) is 21.1. The molecule has 0 radical (unpaired) electrons. The third-order valence-electron chi connectivity index (χ3n) is 3.90. The van der Waals surface area contributed by atoms with Crippen LogP contribution in [0, 0.1) is 11.3 Å². The number of rotatable bonds is 10. The van der Waals surface area contributed by atoms with Crippen LogP contribution in [0.5, 0.6) is 11.5 Å². The number of hydrogen-bond acceptors (Lipinski definition) is 5. The van der Waals surface area contributed by atoms with Crippen molar-refractivity contribution in [2.75, 3.05) is 23.8 Å². The lowest BCUT2D eigenvalue weighted by Gasteiger charge is -2.18. The lowest BCUT2D eigenvalue weighted by Crippen LogP contribution is -2.31. The van der Waals surface area contributed by atoms with Crippen molar-refractivity contribution in [2.24, 2.45) is 0 Å². The van der Waals surface area contributed by atoms with Crippen molar-refractivity contribution in [1.29, 1.82) is 5.26 Å². The van der Waals surface area contributed by atoms with E-state index in [9.17, 15) is 4.79 Å². The van der Waals surface area contributed by atoms with Gasteiger partial charge in [-0.2, -0.15) is 5.26 Å². The summed E-state index contributed by atoms with van der Waals surface area (Å²) in [5.74, 6) is 1.17. The second-order valence-electron chi connectivity index (χ2n) is 6.41. The minimum atomic E-state index is -0.479. The molecule has 0 spiro atoms. The Balaban J connectivity index is 2.05. The maximum atomic E-state index is 12.5. The standard InChI is InChI=1S/C22H27N3O3/c1-4-11-27-20-10-9-19(14-21(20)28-12-5-2)24-16(3)22(26)25-18-8-6-7-17(13-18)15-23/h6-10,13-14,16,24H,4-5,11-12H2,1-3H3,(H,25,26). The van der Waals surface area contributed by atoms with Crippen LogP contribution in [0.1, 0.15) is 39.2 Å². The molecule has 0 aromatic heterocycles. The fourth-order valence-electron chi connectivity index (χ4n) is 2.49. The first-order chi connectivity index (χ1) is 13.6. The van der Waals surface area contributed by atoms with E-state index in [4.69, 9.17) is 14.7 Å². The Morgan fingerprint density at radius 1 is 1.04 bits per heavy atom. The lowest BCUT2D eigenvalue weighted by atomic mass is 10.2. The zero-order chi connectivity index (χ0) is 20.4. The molecule has 0 heterocycles. The highest BCUT2D eigenvalue weighted by Crippen LogP contribution is 2.31. The fraction of sp³-hybridized carbons (Fsp3) is 0.364. The molecule has 148 valence electrons. The van der Waals surface area contributed by atoms with E-state index in [-0.39, 0.29) is 5.91 Å². The van der Waals surface area contributed by atoms with Gasteiger partial charge in [0.1, 0.15) is 6.04 Å². The zero-order valence-corrected chi connectivity index (χ0v) is 16.6. The van der Waals surface area contributed by atoms with Gasteiger partial charge in [0.05, 0.1) is 24.8 Å². The molecule has 0 aliphatic carbocycles. The Labute approximate surface area is 166 Å². The van der Waals surface area contributed by atoms with E-state index in [1.54, 1.807) is 31.2 Å². The third-order valence-corrected chi connectivity index (χ3v) is 3.90. The van der Waals surface area contributed by atoms with Gasteiger partial charge in [0, 0.05) is 17.4 Å². The van der Waals surface area contributed by atoms with Crippen LogP contribution in [0.4, 0.5) is 11.4 Å². The molecule has 28 heavy (non-hydrogen) atoms. The molecule has 6 heteroatoms. The van der Waals surface area contributed by atoms with Gasteiger partial charge in [-0.15, -0.1) is 0 Å². The maximum absolute atomic E-state index is 12.5. The van der Waals surface area contributed by atoms with Crippen molar-refractivity contribution in [3.63, 3.8) is 0 Å². The number of anilines is 2. The van der Waals surface area contributed by atoms with Gasteiger partial charge >= 0.3 is 0 Å². The van der Waals surface area contributed by atoms with Gasteiger partial charge in [0.2, 0.25) is 5.91 Å². The molecular weight excluding hydrogens is 354 g/mol. The van der Waals surface area contributed by atoms with Crippen molar-refractivity contribution in [2.45, 2.75) is 39.7 Å². The molecule has 0 aliphatic heterocycles. The highest BCUT2D eigenvalue weighted by Gasteiger charge is 2.15. The van der Waals surface area contributed by atoms with E-state index in [0.29, 0.717) is 36.0 Å². The molecular formula is C22H27N3O3. The van der Waals surface area contributed by atoms with Gasteiger partial charge in [0.15, 0.2) is 11.5 Å². The van der Waals surface area contributed by atoms with Crippen molar-refractivity contribution in [1.82, 2.24) is 0 Å². The third kappa shape index (κ3) is 6.20. The molecule has 1 amide bonds. The monoisotopic (exact) mass is 381 g/mol. The molecule has 1 unspecified atom stereocenters. The van der Waals surface area contributed by atoms with Crippen molar-refractivity contribution >= 4 is 17.3 Å². The molecule has 0 bridgehead atoms. The molecule has 2 aromatic rings. The Morgan fingerprint density at radius 3 is 2.43 bits per heavy atom. The first-order valence-corrected chi connectivity index (χ1v) is 9.54. The van der Waals surface area contributed by atoms with Crippen LogP contribution >= 0.6 is 0 Å². The fourth-order valence-corrected chi connectivity index (χ4v) is 2.49. The van der Waals surface area contributed by atoms with Crippen LogP contribution in [-0.4, -0.2) is 25.2 Å². The summed E-state index contributed by atoms with van der Waals surface area (Å²) in [6.45, 7) is 7.09. The molecule has 0 aliphatic rings. The average molecular weight is 381 g/mol. The van der Waals surface area contributed by atoms with Crippen LogP contribution < -0.4 is 20.1 Å². The topological polar surface area (TPSA) is 83.4 Å². The number of benzene rings is 2.